The summed E-state index contributed by atoms with van der Waals surface area (Å²) in [5, 5.41) is 3.97. The zero-order valence-corrected chi connectivity index (χ0v) is 8.14. The maximum Gasteiger partial charge on any atom is 0.129 e. The quantitative estimate of drug-likeness (QED) is 0.697. The first kappa shape index (κ1) is 8.82. The SMILES string of the molecule is [CH2]CC1CCc2nc(Cl)ccc2N1. The lowest BCUT2D eigenvalue weighted by Gasteiger charge is -2.25. The van der Waals surface area contributed by atoms with Gasteiger partial charge in [0.25, 0.3) is 0 Å². The van der Waals surface area contributed by atoms with E-state index >= 15 is 0 Å². The van der Waals surface area contributed by atoms with Gasteiger partial charge in [0, 0.05) is 6.04 Å². The van der Waals surface area contributed by atoms with Crippen molar-refractivity contribution in [3.63, 3.8) is 0 Å². The van der Waals surface area contributed by atoms with E-state index in [-0.39, 0.29) is 0 Å². The molecule has 0 spiro atoms. The molecule has 69 valence electrons. The molecule has 1 N–H and O–H groups in total. The van der Waals surface area contributed by atoms with E-state index in [1.54, 1.807) is 0 Å². The van der Waals surface area contributed by atoms with Crippen LogP contribution in [0.15, 0.2) is 12.1 Å². The Kier molecular flexibility index (Phi) is 2.40. The minimum absolute atomic E-state index is 0.496. The highest BCUT2D eigenvalue weighted by molar-refractivity contribution is 6.29. The first-order valence-corrected chi connectivity index (χ1v) is 4.88. The van der Waals surface area contributed by atoms with E-state index in [4.69, 9.17) is 11.6 Å². The summed E-state index contributed by atoms with van der Waals surface area (Å²) >= 11 is 5.80. The number of nitrogens with zero attached hydrogens (tertiary/aromatic N) is 1. The van der Waals surface area contributed by atoms with Crippen LogP contribution < -0.4 is 5.32 Å². The van der Waals surface area contributed by atoms with Gasteiger partial charge in [-0.1, -0.05) is 18.5 Å². The lowest BCUT2D eigenvalue weighted by Crippen LogP contribution is -2.25. The standard InChI is InChI=1S/C10H12ClN2/c1-2-7-3-4-9-8(12-7)5-6-10(11)13-9/h5-7,12H,1-4H2. The third-order valence-electron chi connectivity index (χ3n) is 2.38. The molecule has 0 bridgehead atoms. The first-order chi connectivity index (χ1) is 6.29. The van der Waals surface area contributed by atoms with Crippen molar-refractivity contribution >= 4 is 17.3 Å². The number of hydrogen-bond donors (Lipinski definition) is 1. The van der Waals surface area contributed by atoms with Gasteiger partial charge in [-0.3, -0.25) is 0 Å². The molecule has 0 aliphatic carbocycles. The van der Waals surface area contributed by atoms with Gasteiger partial charge in [0.1, 0.15) is 5.15 Å². The van der Waals surface area contributed by atoms with Crippen LogP contribution in [0.2, 0.25) is 5.15 Å². The molecule has 3 heteroatoms. The summed E-state index contributed by atoms with van der Waals surface area (Å²) < 4.78 is 0. The van der Waals surface area contributed by atoms with Crippen molar-refractivity contribution in [1.82, 2.24) is 4.98 Å². The molecule has 1 unspecified atom stereocenters. The Morgan fingerprint density at radius 1 is 1.62 bits per heavy atom. The number of aryl methyl sites for hydroxylation is 1. The third kappa shape index (κ3) is 1.78. The van der Waals surface area contributed by atoms with Crippen LogP contribution in [0.4, 0.5) is 5.69 Å². The number of rotatable bonds is 1. The van der Waals surface area contributed by atoms with Crippen molar-refractivity contribution < 1.29 is 0 Å². The molecule has 1 aromatic heterocycles. The molecule has 1 aliphatic heterocycles. The molecule has 1 radical (unpaired) electrons. The Morgan fingerprint density at radius 3 is 3.23 bits per heavy atom. The van der Waals surface area contributed by atoms with Gasteiger partial charge >= 0.3 is 0 Å². The van der Waals surface area contributed by atoms with Crippen molar-refractivity contribution in [2.75, 3.05) is 5.32 Å². The fourth-order valence-electron chi connectivity index (χ4n) is 1.62. The Bertz CT molecular complexity index is 312. The number of aromatic nitrogens is 1. The number of hydrogen-bond acceptors (Lipinski definition) is 2. The van der Waals surface area contributed by atoms with Gasteiger partial charge in [-0.15, -0.1) is 0 Å². The van der Waals surface area contributed by atoms with Gasteiger partial charge in [0.2, 0.25) is 0 Å². The molecular weight excluding hydrogens is 184 g/mol. The van der Waals surface area contributed by atoms with Crippen LogP contribution in [0.1, 0.15) is 18.5 Å². The van der Waals surface area contributed by atoms with Gasteiger partial charge < -0.3 is 5.32 Å². The summed E-state index contributed by atoms with van der Waals surface area (Å²) in [5.41, 5.74) is 2.20. The van der Waals surface area contributed by atoms with Crippen LogP contribution in [0.25, 0.3) is 0 Å². The van der Waals surface area contributed by atoms with Gasteiger partial charge in [-0.25, -0.2) is 4.98 Å². The molecule has 2 heterocycles. The highest BCUT2D eigenvalue weighted by Crippen LogP contribution is 2.25. The number of fused-ring (bicyclic) bond motifs is 1. The van der Waals surface area contributed by atoms with E-state index in [0.29, 0.717) is 11.2 Å². The van der Waals surface area contributed by atoms with Crippen LogP contribution in [-0.2, 0) is 6.42 Å². The predicted octanol–water partition coefficient (Wildman–Crippen LogP) is 2.69. The van der Waals surface area contributed by atoms with Crippen molar-refractivity contribution in [2.45, 2.75) is 25.3 Å². The largest absolute Gasteiger partial charge is 0.381 e. The molecule has 0 fully saturated rings. The molecule has 0 aromatic carbocycles. The van der Waals surface area contributed by atoms with Crippen LogP contribution in [0, 0.1) is 6.92 Å². The van der Waals surface area contributed by atoms with Gasteiger partial charge in [-0.2, -0.15) is 0 Å². The zero-order valence-electron chi connectivity index (χ0n) is 7.39. The summed E-state index contributed by atoms with van der Waals surface area (Å²) in [6.45, 7) is 3.89. The van der Waals surface area contributed by atoms with E-state index < -0.39 is 0 Å². The summed E-state index contributed by atoms with van der Waals surface area (Å²) in [6, 6.07) is 4.31. The summed E-state index contributed by atoms with van der Waals surface area (Å²) in [5.74, 6) is 0. The fraction of sp³-hybridized carbons (Fsp3) is 0.400. The van der Waals surface area contributed by atoms with Crippen molar-refractivity contribution in [3.05, 3.63) is 29.9 Å². The maximum absolute atomic E-state index is 5.80. The van der Waals surface area contributed by atoms with E-state index in [1.807, 2.05) is 12.1 Å². The fourth-order valence-corrected chi connectivity index (χ4v) is 1.78. The minimum Gasteiger partial charge on any atom is -0.381 e. The maximum atomic E-state index is 5.80. The van der Waals surface area contributed by atoms with Crippen molar-refractivity contribution in [1.29, 1.82) is 0 Å². The second-order valence-corrected chi connectivity index (χ2v) is 3.68. The Hall–Kier alpha value is -0.760. The number of halogens is 1. The Balaban J connectivity index is 2.26. The molecule has 1 atom stereocenters. The van der Waals surface area contributed by atoms with E-state index in [1.165, 1.54) is 0 Å². The molecule has 1 aliphatic rings. The first-order valence-electron chi connectivity index (χ1n) is 4.51. The van der Waals surface area contributed by atoms with Crippen molar-refractivity contribution in [3.8, 4) is 0 Å². The molecular formula is C10H12ClN2. The molecule has 1 aromatic rings. The zero-order chi connectivity index (χ0) is 9.26. The Morgan fingerprint density at radius 2 is 2.46 bits per heavy atom. The summed E-state index contributed by atoms with van der Waals surface area (Å²) in [6.07, 6.45) is 3.02. The lowest BCUT2D eigenvalue weighted by molar-refractivity contribution is 0.627. The van der Waals surface area contributed by atoms with Crippen LogP contribution in [0.5, 0.6) is 0 Å². The Labute approximate surface area is 83.3 Å². The molecule has 0 saturated carbocycles. The van der Waals surface area contributed by atoms with Gasteiger partial charge in [0.15, 0.2) is 0 Å². The van der Waals surface area contributed by atoms with Crippen LogP contribution in [-0.4, -0.2) is 11.0 Å². The molecule has 0 amide bonds. The molecule has 2 nitrogen and oxygen atoms in total. The average Bonchev–Trinajstić information content (AvgIpc) is 2.17. The van der Waals surface area contributed by atoms with Crippen LogP contribution >= 0.6 is 11.6 Å². The smallest absolute Gasteiger partial charge is 0.129 e. The number of nitrogens with one attached hydrogen (secondary N) is 1. The summed E-state index contributed by atoms with van der Waals surface area (Å²) in [4.78, 5) is 4.26. The highest BCUT2D eigenvalue weighted by atomic mass is 35.5. The van der Waals surface area contributed by atoms with Crippen LogP contribution in [0.3, 0.4) is 0 Å². The third-order valence-corrected chi connectivity index (χ3v) is 2.59. The monoisotopic (exact) mass is 195 g/mol. The van der Waals surface area contributed by atoms with Gasteiger partial charge in [-0.05, 0) is 31.4 Å². The predicted molar refractivity (Wildman–Crippen MR) is 55.0 cm³/mol. The average molecular weight is 196 g/mol. The van der Waals surface area contributed by atoms with E-state index in [0.717, 1.165) is 30.6 Å². The second kappa shape index (κ2) is 3.54. The van der Waals surface area contributed by atoms with E-state index in [2.05, 4.69) is 17.2 Å². The summed E-state index contributed by atoms with van der Waals surface area (Å²) in [7, 11) is 0. The minimum atomic E-state index is 0.496. The molecule has 2 rings (SSSR count). The number of pyridine rings is 1. The normalized spacial score (nSPS) is 20.6. The molecule has 0 saturated heterocycles. The highest BCUT2D eigenvalue weighted by Gasteiger charge is 2.16. The number of anilines is 1. The van der Waals surface area contributed by atoms with E-state index in [9.17, 15) is 0 Å². The second-order valence-electron chi connectivity index (χ2n) is 3.30. The van der Waals surface area contributed by atoms with Crippen molar-refractivity contribution in [2.24, 2.45) is 0 Å². The molecule has 13 heavy (non-hydrogen) atoms. The topological polar surface area (TPSA) is 24.9 Å². The lowest BCUT2D eigenvalue weighted by atomic mass is 10.0. The van der Waals surface area contributed by atoms with Gasteiger partial charge in [0.05, 0.1) is 11.4 Å².